The molecule has 1 heterocycles. The molecule has 2 rings (SSSR count). The van der Waals surface area contributed by atoms with Crippen LogP contribution in [0.2, 0.25) is 0 Å². The zero-order valence-corrected chi connectivity index (χ0v) is 12.4. The molecule has 0 spiro atoms. The molecule has 1 aromatic heterocycles. The number of para-hydroxylation sites is 1. The molecule has 112 valence electrons. The number of carbonyl (C=O) groups is 1. The van der Waals surface area contributed by atoms with Gasteiger partial charge in [-0.1, -0.05) is 31.9 Å². The smallest absolute Gasteiger partial charge is 0.254 e. The molecule has 2 aromatic rings. The van der Waals surface area contributed by atoms with Crippen molar-refractivity contribution in [3.05, 3.63) is 47.5 Å². The van der Waals surface area contributed by atoms with Crippen LogP contribution in [0.1, 0.15) is 42.2 Å². The average Bonchev–Trinajstić information content (AvgIpc) is 2.86. The van der Waals surface area contributed by atoms with Crippen LogP contribution in [0.3, 0.4) is 0 Å². The van der Waals surface area contributed by atoms with Crippen LogP contribution in [-0.2, 0) is 0 Å². The van der Waals surface area contributed by atoms with Crippen LogP contribution in [0.15, 0.2) is 30.5 Å². The zero-order valence-electron chi connectivity index (χ0n) is 12.4. The van der Waals surface area contributed by atoms with Gasteiger partial charge in [-0.05, 0) is 25.5 Å². The first-order chi connectivity index (χ1) is 10.1. The van der Waals surface area contributed by atoms with E-state index in [1.165, 1.54) is 16.9 Å². The third-order valence-corrected chi connectivity index (χ3v) is 3.40. The molecule has 0 saturated carbocycles. The van der Waals surface area contributed by atoms with E-state index in [0.717, 1.165) is 19.3 Å². The SMILES string of the molecule is CCCCCNC(=O)c1cnn(-c2ccccc2F)c1C. The third kappa shape index (κ3) is 3.48. The molecule has 5 heteroatoms. The molecular weight excluding hydrogens is 269 g/mol. The van der Waals surface area contributed by atoms with E-state index >= 15 is 0 Å². The summed E-state index contributed by atoms with van der Waals surface area (Å²) in [5.41, 5.74) is 1.46. The van der Waals surface area contributed by atoms with Crippen molar-refractivity contribution >= 4 is 5.91 Å². The normalized spacial score (nSPS) is 10.6. The quantitative estimate of drug-likeness (QED) is 0.830. The second-order valence-corrected chi connectivity index (χ2v) is 4.97. The van der Waals surface area contributed by atoms with E-state index in [2.05, 4.69) is 17.3 Å². The molecule has 0 unspecified atom stereocenters. The van der Waals surface area contributed by atoms with Gasteiger partial charge in [0.05, 0.1) is 17.5 Å². The van der Waals surface area contributed by atoms with E-state index in [4.69, 9.17) is 0 Å². The van der Waals surface area contributed by atoms with Crippen molar-refractivity contribution < 1.29 is 9.18 Å². The van der Waals surface area contributed by atoms with Crippen LogP contribution >= 0.6 is 0 Å². The molecule has 1 N–H and O–H groups in total. The van der Waals surface area contributed by atoms with Gasteiger partial charge in [0.15, 0.2) is 0 Å². The first-order valence-corrected chi connectivity index (χ1v) is 7.23. The molecule has 0 bridgehead atoms. The van der Waals surface area contributed by atoms with E-state index in [1.807, 2.05) is 0 Å². The lowest BCUT2D eigenvalue weighted by molar-refractivity contribution is 0.0952. The second kappa shape index (κ2) is 7.02. The van der Waals surface area contributed by atoms with Crippen molar-refractivity contribution in [2.75, 3.05) is 6.54 Å². The van der Waals surface area contributed by atoms with Crippen LogP contribution in [-0.4, -0.2) is 22.2 Å². The summed E-state index contributed by atoms with van der Waals surface area (Å²) in [5, 5.41) is 7.00. The van der Waals surface area contributed by atoms with Gasteiger partial charge in [-0.3, -0.25) is 4.79 Å². The van der Waals surface area contributed by atoms with E-state index < -0.39 is 0 Å². The summed E-state index contributed by atoms with van der Waals surface area (Å²) >= 11 is 0. The molecular formula is C16H20FN3O. The van der Waals surface area contributed by atoms with E-state index in [-0.39, 0.29) is 11.7 Å². The van der Waals surface area contributed by atoms with Crippen molar-refractivity contribution in [1.29, 1.82) is 0 Å². The molecule has 0 aliphatic heterocycles. The number of carbonyl (C=O) groups excluding carboxylic acids is 1. The molecule has 0 aliphatic carbocycles. The largest absolute Gasteiger partial charge is 0.352 e. The Hall–Kier alpha value is -2.17. The predicted octanol–water partition coefficient (Wildman–Crippen LogP) is 3.24. The minimum atomic E-state index is -0.362. The van der Waals surface area contributed by atoms with Gasteiger partial charge in [-0.2, -0.15) is 5.10 Å². The van der Waals surface area contributed by atoms with Crippen LogP contribution < -0.4 is 5.32 Å². The highest BCUT2D eigenvalue weighted by Gasteiger charge is 2.16. The predicted molar refractivity (Wildman–Crippen MR) is 80.1 cm³/mol. The highest BCUT2D eigenvalue weighted by Crippen LogP contribution is 2.16. The minimum Gasteiger partial charge on any atom is -0.352 e. The molecule has 1 amide bonds. The van der Waals surface area contributed by atoms with Gasteiger partial charge in [0.25, 0.3) is 5.91 Å². The number of nitrogens with zero attached hydrogens (tertiary/aromatic N) is 2. The average molecular weight is 289 g/mol. The van der Waals surface area contributed by atoms with E-state index in [0.29, 0.717) is 23.5 Å². The summed E-state index contributed by atoms with van der Waals surface area (Å²) in [6, 6.07) is 6.38. The Morgan fingerprint density at radius 1 is 1.33 bits per heavy atom. The Balaban J connectivity index is 2.14. The van der Waals surface area contributed by atoms with Crippen molar-refractivity contribution in [2.45, 2.75) is 33.1 Å². The Labute approximate surface area is 124 Å². The van der Waals surface area contributed by atoms with Crippen LogP contribution in [0.25, 0.3) is 5.69 Å². The van der Waals surface area contributed by atoms with Crippen molar-refractivity contribution in [3.8, 4) is 5.69 Å². The number of halogens is 1. The Kier molecular flexibility index (Phi) is 5.09. The van der Waals surface area contributed by atoms with Gasteiger partial charge in [-0.15, -0.1) is 0 Å². The van der Waals surface area contributed by atoms with Crippen molar-refractivity contribution in [2.24, 2.45) is 0 Å². The van der Waals surface area contributed by atoms with Gasteiger partial charge >= 0.3 is 0 Å². The van der Waals surface area contributed by atoms with Crippen LogP contribution in [0.5, 0.6) is 0 Å². The van der Waals surface area contributed by atoms with Gasteiger partial charge in [0.1, 0.15) is 11.5 Å². The summed E-state index contributed by atoms with van der Waals surface area (Å²) in [6.07, 6.45) is 4.65. The third-order valence-electron chi connectivity index (χ3n) is 3.40. The van der Waals surface area contributed by atoms with E-state index in [1.54, 1.807) is 25.1 Å². The molecule has 21 heavy (non-hydrogen) atoms. The Morgan fingerprint density at radius 2 is 2.10 bits per heavy atom. The number of hydrogen-bond acceptors (Lipinski definition) is 2. The van der Waals surface area contributed by atoms with Gasteiger partial charge < -0.3 is 5.32 Å². The monoisotopic (exact) mass is 289 g/mol. The first kappa shape index (κ1) is 15.2. The maximum absolute atomic E-state index is 13.8. The number of rotatable bonds is 6. The van der Waals surface area contributed by atoms with Gasteiger partial charge in [-0.25, -0.2) is 9.07 Å². The molecule has 0 fully saturated rings. The summed E-state index contributed by atoms with van der Waals surface area (Å²) in [5.74, 6) is -0.523. The standard InChI is InChI=1S/C16H20FN3O/c1-3-4-7-10-18-16(21)13-11-19-20(12(13)2)15-9-6-5-8-14(15)17/h5-6,8-9,11H,3-4,7,10H2,1-2H3,(H,18,21). The zero-order chi connectivity index (χ0) is 15.2. The first-order valence-electron chi connectivity index (χ1n) is 7.23. The summed E-state index contributed by atoms with van der Waals surface area (Å²) in [6.45, 7) is 4.53. The molecule has 0 saturated heterocycles. The number of unbranched alkanes of at least 4 members (excludes halogenated alkanes) is 2. The van der Waals surface area contributed by atoms with E-state index in [9.17, 15) is 9.18 Å². The fraction of sp³-hybridized carbons (Fsp3) is 0.375. The maximum atomic E-state index is 13.8. The number of nitrogens with one attached hydrogen (secondary N) is 1. The van der Waals surface area contributed by atoms with Crippen molar-refractivity contribution in [3.63, 3.8) is 0 Å². The minimum absolute atomic E-state index is 0.161. The lowest BCUT2D eigenvalue weighted by Crippen LogP contribution is -2.24. The fourth-order valence-electron chi connectivity index (χ4n) is 2.17. The molecule has 1 aromatic carbocycles. The fourth-order valence-corrected chi connectivity index (χ4v) is 2.17. The highest BCUT2D eigenvalue weighted by molar-refractivity contribution is 5.95. The number of benzene rings is 1. The van der Waals surface area contributed by atoms with Crippen LogP contribution in [0.4, 0.5) is 4.39 Å². The summed E-state index contributed by atoms with van der Waals surface area (Å²) < 4.78 is 15.2. The second-order valence-electron chi connectivity index (χ2n) is 4.97. The van der Waals surface area contributed by atoms with Crippen molar-refractivity contribution in [1.82, 2.24) is 15.1 Å². The molecule has 4 nitrogen and oxygen atoms in total. The summed E-state index contributed by atoms with van der Waals surface area (Å²) in [7, 11) is 0. The van der Waals surface area contributed by atoms with Gasteiger partial charge in [0, 0.05) is 6.54 Å². The lowest BCUT2D eigenvalue weighted by atomic mass is 10.2. The van der Waals surface area contributed by atoms with Gasteiger partial charge in [0.2, 0.25) is 0 Å². The number of amides is 1. The number of hydrogen-bond donors (Lipinski definition) is 1. The van der Waals surface area contributed by atoms with Crippen LogP contribution in [0, 0.1) is 12.7 Å². The maximum Gasteiger partial charge on any atom is 0.254 e. The molecule has 0 aliphatic rings. The lowest BCUT2D eigenvalue weighted by Gasteiger charge is -2.07. The molecule has 0 radical (unpaired) electrons. The number of aromatic nitrogens is 2. The Bertz CT molecular complexity index is 622. The molecule has 0 atom stereocenters. The summed E-state index contributed by atoms with van der Waals surface area (Å²) in [4.78, 5) is 12.1. The highest BCUT2D eigenvalue weighted by atomic mass is 19.1. The topological polar surface area (TPSA) is 46.9 Å². The Morgan fingerprint density at radius 3 is 2.81 bits per heavy atom.